The van der Waals surface area contributed by atoms with Crippen LogP contribution >= 0.6 is 11.8 Å². The van der Waals surface area contributed by atoms with Crippen LogP contribution < -0.4 is 0 Å². The van der Waals surface area contributed by atoms with Gasteiger partial charge in [0.05, 0.1) is 0 Å². The highest BCUT2D eigenvalue weighted by Crippen LogP contribution is 2.11. The van der Waals surface area contributed by atoms with E-state index in [0.29, 0.717) is 0 Å². The number of aliphatic hydroxyl groups is 1. The molecule has 0 aromatic carbocycles. The van der Waals surface area contributed by atoms with E-state index in [1.807, 2.05) is 0 Å². The summed E-state index contributed by atoms with van der Waals surface area (Å²) in [7, 11) is 0. The molecule has 1 atom stereocenters. The Morgan fingerprint density at radius 1 is 1.70 bits per heavy atom. The molecule has 0 radical (unpaired) electrons. The van der Waals surface area contributed by atoms with Gasteiger partial charge in [-0.2, -0.15) is 0 Å². The fourth-order valence-electron chi connectivity index (χ4n) is 0.349. The zero-order valence-electron chi connectivity index (χ0n) is 5.62. The summed E-state index contributed by atoms with van der Waals surface area (Å²) < 4.78 is 0. The van der Waals surface area contributed by atoms with Crippen LogP contribution in [0.25, 0.3) is 0 Å². The molecular weight excluding hydrogens is 148 g/mol. The first kappa shape index (κ1) is 9.46. The van der Waals surface area contributed by atoms with Gasteiger partial charge in [-0.3, -0.25) is 4.79 Å². The van der Waals surface area contributed by atoms with E-state index >= 15 is 0 Å². The Hall–Kier alpha value is -0.540. The van der Waals surface area contributed by atoms with E-state index < -0.39 is 5.44 Å². The van der Waals surface area contributed by atoms with Crippen molar-refractivity contribution < 1.29 is 9.90 Å². The van der Waals surface area contributed by atoms with Gasteiger partial charge in [0.25, 0.3) is 0 Å². The van der Waals surface area contributed by atoms with Crippen LogP contribution in [0.2, 0.25) is 0 Å². The lowest BCUT2D eigenvalue weighted by molar-refractivity contribution is -0.110. The monoisotopic (exact) mass is 158 g/mol. The Morgan fingerprint density at radius 2 is 2.30 bits per heavy atom. The summed E-state index contributed by atoms with van der Waals surface area (Å²) in [5.41, 5.74) is -0.785. The first-order valence-electron chi connectivity index (χ1n) is 2.81. The standard InChI is InChI=1S/C7H10O2S/c1-3-5-7(9)10-6(8)4-2/h3-4,6,8H,1-2,5H2. The molecule has 0 heterocycles. The predicted molar refractivity (Wildman–Crippen MR) is 43.6 cm³/mol. The first-order valence-corrected chi connectivity index (χ1v) is 3.69. The summed E-state index contributed by atoms with van der Waals surface area (Å²) in [6, 6.07) is 0. The summed E-state index contributed by atoms with van der Waals surface area (Å²) in [5.74, 6) is 0. The number of carbonyl (C=O) groups is 1. The van der Waals surface area contributed by atoms with E-state index in [1.54, 1.807) is 0 Å². The maximum Gasteiger partial charge on any atom is 0.195 e. The van der Waals surface area contributed by atoms with Gasteiger partial charge in [0.15, 0.2) is 5.12 Å². The fraction of sp³-hybridized carbons (Fsp3) is 0.286. The topological polar surface area (TPSA) is 37.3 Å². The number of rotatable bonds is 4. The van der Waals surface area contributed by atoms with Gasteiger partial charge in [-0.05, 0) is 0 Å². The minimum Gasteiger partial charge on any atom is -0.378 e. The second-order valence-electron chi connectivity index (χ2n) is 1.61. The Balaban J connectivity index is 3.56. The number of allylic oxidation sites excluding steroid dienone is 1. The van der Waals surface area contributed by atoms with Crippen molar-refractivity contribution >= 4 is 16.9 Å². The zero-order valence-corrected chi connectivity index (χ0v) is 6.43. The molecule has 10 heavy (non-hydrogen) atoms. The molecule has 0 amide bonds. The average molecular weight is 158 g/mol. The van der Waals surface area contributed by atoms with Crippen LogP contribution in [0.1, 0.15) is 6.42 Å². The van der Waals surface area contributed by atoms with Crippen molar-refractivity contribution in [3.05, 3.63) is 25.3 Å². The zero-order chi connectivity index (χ0) is 7.98. The molecule has 0 saturated carbocycles. The second kappa shape index (κ2) is 5.26. The Labute approximate surface area is 64.6 Å². The molecule has 1 N–H and O–H groups in total. The van der Waals surface area contributed by atoms with Crippen molar-refractivity contribution in [2.24, 2.45) is 0 Å². The molecule has 0 aromatic heterocycles. The smallest absolute Gasteiger partial charge is 0.195 e. The van der Waals surface area contributed by atoms with Crippen molar-refractivity contribution in [2.75, 3.05) is 0 Å². The number of hydrogen-bond acceptors (Lipinski definition) is 3. The SMILES string of the molecule is C=CCC(=O)SC(O)C=C. The van der Waals surface area contributed by atoms with Crippen LogP contribution in [0.4, 0.5) is 0 Å². The highest BCUT2D eigenvalue weighted by molar-refractivity contribution is 8.14. The van der Waals surface area contributed by atoms with E-state index in [0.717, 1.165) is 11.8 Å². The van der Waals surface area contributed by atoms with Crippen LogP contribution in [0, 0.1) is 0 Å². The molecule has 2 nitrogen and oxygen atoms in total. The van der Waals surface area contributed by atoms with Crippen LogP contribution in [0.3, 0.4) is 0 Å². The molecule has 0 aliphatic heterocycles. The molecule has 56 valence electrons. The van der Waals surface area contributed by atoms with Gasteiger partial charge < -0.3 is 5.11 Å². The van der Waals surface area contributed by atoms with E-state index in [9.17, 15) is 4.79 Å². The number of hydrogen-bond donors (Lipinski definition) is 1. The molecule has 1 unspecified atom stereocenters. The minimum atomic E-state index is -0.785. The van der Waals surface area contributed by atoms with Gasteiger partial charge in [0.2, 0.25) is 0 Å². The summed E-state index contributed by atoms with van der Waals surface area (Å²) in [5, 5.41) is 8.75. The molecular formula is C7H10O2S. The lowest BCUT2D eigenvalue weighted by Crippen LogP contribution is -2.00. The second-order valence-corrected chi connectivity index (χ2v) is 2.78. The molecule has 0 aliphatic rings. The third-order valence-electron chi connectivity index (χ3n) is 0.765. The predicted octanol–water partition coefficient (Wildman–Crippen LogP) is 1.33. The normalized spacial score (nSPS) is 12.1. The maximum absolute atomic E-state index is 10.7. The van der Waals surface area contributed by atoms with Gasteiger partial charge in [0.1, 0.15) is 5.44 Å². The summed E-state index contributed by atoms with van der Waals surface area (Å²) >= 11 is 0.851. The molecule has 0 aromatic rings. The third-order valence-corrected chi connectivity index (χ3v) is 1.63. The Kier molecular flexibility index (Phi) is 4.98. The van der Waals surface area contributed by atoms with E-state index in [-0.39, 0.29) is 11.5 Å². The van der Waals surface area contributed by atoms with Crippen LogP contribution in [0.5, 0.6) is 0 Å². The number of carbonyl (C=O) groups excluding carboxylic acids is 1. The molecule has 0 saturated heterocycles. The van der Waals surface area contributed by atoms with Crippen molar-refractivity contribution in [1.82, 2.24) is 0 Å². The average Bonchev–Trinajstić information content (AvgIpc) is 1.88. The molecule has 0 fully saturated rings. The van der Waals surface area contributed by atoms with E-state index in [4.69, 9.17) is 5.11 Å². The van der Waals surface area contributed by atoms with Gasteiger partial charge >= 0.3 is 0 Å². The fourth-order valence-corrected chi connectivity index (χ4v) is 0.928. The van der Waals surface area contributed by atoms with Gasteiger partial charge in [-0.1, -0.05) is 30.5 Å². The van der Waals surface area contributed by atoms with Gasteiger partial charge in [0, 0.05) is 6.42 Å². The molecule has 3 heteroatoms. The van der Waals surface area contributed by atoms with E-state index in [2.05, 4.69) is 13.2 Å². The van der Waals surface area contributed by atoms with Crippen LogP contribution in [-0.4, -0.2) is 15.7 Å². The van der Waals surface area contributed by atoms with E-state index in [1.165, 1.54) is 12.2 Å². The van der Waals surface area contributed by atoms with Crippen molar-refractivity contribution in [2.45, 2.75) is 11.9 Å². The number of aliphatic hydroxyl groups excluding tert-OH is 1. The van der Waals surface area contributed by atoms with Gasteiger partial charge in [-0.15, -0.1) is 6.58 Å². The van der Waals surface area contributed by atoms with Crippen molar-refractivity contribution in [3.63, 3.8) is 0 Å². The minimum absolute atomic E-state index is 0.0950. The lowest BCUT2D eigenvalue weighted by atomic mass is 10.5. The largest absolute Gasteiger partial charge is 0.378 e. The first-order chi connectivity index (χ1) is 4.70. The third kappa shape index (κ3) is 4.35. The molecule has 0 aliphatic carbocycles. The molecule has 0 bridgehead atoms. The molecule has 0 spiro atoms. The summed E-state index contributed by atoms with van der Waals surface area (Å²) in [6.07, 6.45) is 3.10. The highest BCUT2D eigenvalue weighted by Gasteiger charge is 2.04. The number of thioether (sulfide) groups is 1. The Bertz CT molecular complexity index is 143. The van der Waals surface area contributed by atoms with Crippen LogP contribution in [-0.2, 0) is 4.79 Å². The highest BCUT2D eigenvalue weighted by atomic mass is 32.2. The quantitative estimate of drug-likeness (QED) is 0.495. The summed E-state index contributed by atoms with van der Waals surface area (Å²) in [6.45, 7) is 6.72. The summed E-state index contributed by atoms with van der Waals surface area (Å²) in [4.78, 5) is 10.7. The van der Waals surface area contributed by atoms with Crippen molar-refractivity contribution in [3.8, 4) is 0 Å². The van der Waals surface area contributed by atoms with Crippen LogP contribution in [0.15, 0.2) is 25.3 Å². The lowest BCUT2D eigenvalue weighted by Gasteiger charge is -1.99. The maximum atomic E-state index is 10.7. The Morgan fingerprint density at radius 3 is 2.70 bits per heavy atom. The molecule has 0 rings (SSSR count). The van der Waals surface area contributed by atoms with Crippen molar-refractivity contribution in [1.29, 1.82) is 0 Å². The van der Waals surface area contributed by atoms with Gasteiger partial charge in [-0.25, -0.2) is 0 Å².